The minimum Gasteiger partial charge on any atom is -0.507 e. The summed E-state index contributed by atoms with van der Waals surface area (Å²) in [6.45, 7) is 2.21. The maximum atomic E-state index is 12.7. The molecule has 1 aromatic carbocycles. The Labute approximate surface area is 154 Å². The van der Waals surface area contributed by atoms with Gasteiger partial charge in [-0.25, -0.2) is 0 Å². The number of para-hydroxylation sites is 1. The molecule has 3 aliphatic heterocycles. The molecule has 0 aromatic heterocycles. The number of aromatic hydroxyl groups is 1. The molecule has 6 nitrogen and oxygen atoms in total. The van der Waals surface area contributed by atoms with Crippen molar-refractivity contribution in [2.75, 3.05) is 26.2 Å². The molecule has 1 aromatic rings. The molecule has 0 saturated carbocycles. The van der Waals surface area contributed by atoms with Crippen LogP contribution in [0.5, 0.6) is 5.75 Å². The van der Waals surface area contributed by atoms with E-state index < -0.39 is 0 Å². The van der Waals surface area contributed by atoms with Gasteiger partial charge >= 0.3 is 0 Å². The largest absolute Gasteiger partial charge is 0.507 e. The van der Waals surface area contributed by atoms with Crippen LogP contribution in [0.4, 0.5) is 0 Å². The van der Waals surface area contributed by atoms with E-state index in [0.29, 0.717) is 56.2 Å². The third kappa shape index (κ3) is 3.56. The number of benzene rings is 1. The Morgan fingerprint density at radius 2 is 1.62 bits per heavy atom. The van der Waals surface area contributed by atoms with Crippen molar-refractivity contribution in [1.29, 1.82) is 0 Å². The van der Waals surface area contributed by atoms with Crippen LogP contribution in [-0.4, -0.2) is 65.0 Å². The number of phenols is 1. The van der Waals surface area contributed by atoms with Crippen molar-refractivity contribution in [2.45, 2.75) is 44.2 Å². The van der Waals surface area contributed by atoms with Crippen molar-refractivity contribution in [1.82, 2.24) is 15.1 Å². The van der Waals surface area contributed by atoms with Gasteiger partial charge in [-0.05, 0) is 43.7 Å². The summed E-state index contributed by atoms with van der Waals surface area (Å²) in [6, 6.07) is 7.84. The van der Waals surface area contributed by atoms with Gasteiger partial charge in [-0.3, -0.25) is 9.59 Å². The molecule has 2 N–H and O–H groups in total. The molecule has 3 saturated heterocycles. The maximum absolute atomic E-state index is 12.7. The van der Waals surface area contributed by atoms with Gasteiger partial charge in [0.25, 0.3) is 5.91 Å². The molecule has 0 aliphatic carbocycles. The predicted molar refractivity (Wildman–Crippen MR) is 97.9 cm³/mol. The van der Waals surface area contributed by atoms with E-state index in [2.05, 4.69) is 5.32 Å². The number of hydrogen-bond acceptors (Lipinski definition) is 4. The van der Waals surface area contributed by atoms with E-state index in [4.69, 9.17) is 0 Å². The SMILES string of the molecule is O=C(CC1CC2CCC(C1)N2)N1CCN(C(=O)c2ccccc2O)CC1. The molecule has 140 valence electrons. The molecule has 3 aliphatic rings. The van der Waals surface area contributed by atoms with Gasteiger partial charge < -0.3 is 20.2 Å². The fourth-order valence-electron chi connectivity index (χ4n) is 4.70. The lowest BCUT2D eigenvalue weighted by atomic mass is 9.89. The third-order valence-corrected chi connectivity index (χ3v) is 6.09. The minimum atomic E-state index is -0.162. The Balaban J connectivity index is 1.28. The van der Waals surface area contributed by atoms with Crippen LogP contribution >= 0.6 is 0 Å². The zero-order valence-electron chi connectivity index (χ0n) is 15.1. The van der Waals surface area contributed by atoms with E-state index in [1.54, 1.807) is 23.1 Å². The molecule has 0 radical (unpaired) electrons. The highest BCUT2D eigenvalue weighted by atomic mass is 16.3. The fourth-order valence-corrected chi connectivity index (χ4v) is 4.70. The highest BCUT2D eigenvalue weighted by molar-refractivity contribution is 5.97. The van der Waals surface area contributed by atoms with E-state index in [9.17, 15) is 14.7 Å². The Kier molecular flexibility index (Phi) is 4.85. The first-order chi connectivity index (χ1) is 12.6. The van der Waals surface area contributed by atoms with Crippen LogP contribution in [0.15, 0.2) is 24.3 Å². The Morgan fingerprint density at radius 1 is 1.00 bits per heavy atom. The first-order valence-corrected chi connectivity index (χ1v) is 9.71. The van der Waals surface area contributed by atoms with Gasteiger partial charge in [-0.2, -0.15) is 0 Å². The molecule has 6 heteroatoms. The number of carbonyl (C=O) groups excluding carboxylic acids is 2. The van der Waals surface area contributed by atoms with Gasteiger partial charge in [0.1, 0.15) is 5.75 Å². The lowest BCUT2D eigenvalue weighted by molar-refractivity contribution is -0.134. The molecule has 3 fully saturated rings. The van der Waals surface area contributed by atoms with Crippen LogP contribution in [0.3, 0.4) is 0 Å². The number of nitrogens with one attached hydrogen (secondary N) is 1. The van der Waals surface area contributed by atoms with Crippen molar-refractivity contribution in [3.8, 4) is 5.75 Å². The van der Waals surface area contributed by atoms with Gasteiger partial charge in [0.05, 0.1) is 5.56 Å². The zero-order chi connectivity index (χ0) is 18.1. The van der Waals surface area contributed by atoms with Gasteiger partial charge in [0.2, 0.25) is 5.91 Å². The van der Waals surface area contributed by atoms with E-state index in [1.807, 2.05) is 4.90 Å². The number of fused-ring (bicyclic) bond motifs is 2. The van der Waals surface area contributed by atoms with E-state index in [-0.39, 0.29) is 17.6 Å². The normalized spacial score (nSPS) is 28.2. The number of hydrogen-bond donors (Lipinski definition) is 2. The quantitative estimate of drug-likeness (QED) is 0.862. The molecule has 2 amide bonds. The van der Waals surface area contributed by atoms with E-state index >= 15 is 0 Å². The highest BCUT2D eigenvalue weighted by Crippen LogP contribution is 2.33. The summed E-state index contributed by atoms with van der Waals surface area (Å²) in [5.74, 6) is 0.579. The van der Waals surface area contributed by atoms with Gasteiger partial charge in [0, 0.05) is 44.7 Å². The Hall–Kier alpha value is -2.08. The molecule has 0 spiro atoms. The Morgan fingerprint density at radius 3 is 2.27 bits per heavy atom. The smallest absolute Gasteiger partial charge is 0.257 e. The lowest BCUT2D eigenvalue weighted by Crippen LogP contribution is -2.51. The average Bonchev–Trinajstić information content (AvgIpc) is 3.00. The summed E-state index contributed by atoms with van der Waals surface area (Å²) in [6.07, 6.45) is 5.38. The van der Waals surface area contributed by atoms with Crippen LogP contribution < -0.4 is 5.32 Å². The number of piperidine rings is 1. The van der Waals surface area contributed by atoms with Crippen LogP contribution in [0.25, 0.3) is 0 Å². The molecule has 2 bridgehead atoms. The molecule has 2 atom stereocenters. The summed E-state index contributed by atoms with van der Waals surface area (Å²) in [5, 5.41) is 13.5. The number of amides is 2. The first kappa shape index (κ1) is 17.3. The number of piperazine rings is 1. The van der Waals surface area contributed by atoms with Crippen LogP contribution in [0, 0.1) is 5.92 Å². The summed E-state index contributed by atoms with van der Waals surface area (Å²) < 4.78 is 0. The molecule has 2 unspecified atom stereocenters. The van der Waals surface area contributed by atoms with Crippen LogP contribution in [-0.2, 0) is 4.79 Å². The average molecular weight is 357 g/mol. The molecular formula is C20H27N3O3. The zero-order valence-corrected chi connectivity index (χ0v) is 15.1. The molecule has 4 rings (SSSR count). The predicted octanol–water partition coefficient (Wildman–Crippen LogP) is 1.60. The fraction of sp³-hybridized carbons (Fsp3) is 0.600. The summed E-state index contributed by atoms with van der Waals surface area (Å²) >= 11 is 0. The molecular weight excluding hydrogens is 330 g/mol. The third-order valence-electron chi connectivity index (χ3n) is 6.09. The van der Waals surface area contributed by atoms with Crippen molar-refractivity contribution in [2.24, 2.45) is 5.92 Å². The summed E-state index contributed by atoms with van der Waals surface area (Å²) in [5.41, 5.74) is 0.331. The van der Waals surface area contributed by atoms with Crippen molar-refractivity contribution >= 4 is 11.8 Å². The summed E-state index contributed by atoms with van der Waals surface area (Å²) in [4.78, 5) is 28.8. The van der Waals surface area contributed by atoms with Crippen molar-refractivity contribution < 1.29 is 14.7 Å². The van der Waals surface area contributed by atoms with Gasteiger partial charge in [-0.1, -0.05) is 12.1 Å². The second kappa shape index (κ2) is 7.27. The molecule has 26 heavy (non-hydrogen) atoms. The standard InChI is InChI=1S/C20H27N3O3/c24-18-4-2-1-3-17(18)20(26)23-9-7-22(8-10-23)19(25)13-14-11-15-5-6-16(12-14)21-15/h1-4,14-16,21,24H,5-13H2. The minimum absolute atomic E-state index is 0.0107. The summed E-state index contributed by atoms with van der Waals surface area (Å²) in [7, 11) is 0. The van der Waals surface area contributed by atoms with Crippen LogP contribution in [0.1, 0.15) is 42.5 Å². The van der Waals surface area contributed by atoms with E-state index in [0.717, 1.165) is 12.8 Å². The van der Waals surface area contributed by atoms with Gasteiger partial charge in [-0.15, -0.1) is 0 Å². The number of phenolic OH excluding ortho intramolecular Hbond substituents is 1. The van der Waals surface area contributed by atoms with Gasteiger partial charge in [0.15, 0.2) is 0 Å². The topological polar surface area (TPSA) is 72.9 Å². The second-order valence-corrected chi connectivity index (χ2v) is 7.87. The number of carbonyl (C=O) groups is 2. The first-order valence-electron chi connectivity index (χ1n) is 9.71. The molecule has 3 heterocycles. The van der Waals surface area contributed by atoms with Crippen LogP contribution in [0.2, 0.25) is 0 Å². The van der Waals surface area contributed by atoms with Crippen molar-refractivity contribution in [3.63, 3.8) is 0 Å². The second-order valence-electron chi connectivity index (χ2n) is 7.87. The monoisotopic (exact) mass is 357 g/mol. The number of nitrogens with zero attached hydrogens (tertiary/aromatic N) is 2. The van der Waals surface area contributed by atoms with E-state index in [1.165, 1.54) is 18.9 Å². The Bertz CT molecular complexity index is 673. The number of rotatable bonds is 3. The van der Waals surface area contributed by atoms with Crippen molar-refractivity contribution in [3.05, 3.63) is 29.8 Å². The highest BCUT2D eigenvalue weighted by Gasteiger charge is 2.35. The maximum Gasteiger partial charge on any atom is 0.257 e. The lowest BCUT2D eigenvalue weighted by Gasteiger charge is -2.36.